The van der Waals surface area contributed by atoms with E-state index in [1.807, 2.05) is 6.92 Å². The van der Waals surface area contributed by atoms with Crippen LogP contribution in [0.2, 0.25) is 0 Å². The quantitative estimate of drug-likeness (QED) is 0.821. The van der Waals surface area contributed by atoms with Gasteiger partial charge in [0.2, 0.25) is 0 Å². The number of carboxylic acids is 1. The van der Waals surface area contributed by atoms with Gasteiger partial charge in [0.1, 0.15) is 0 Å². The maximum absolute atomic E-state index is 10.3. The van der Waals surface area contributed by atoms with Crippen LogP contribution in [-0.2, 0) is 11.3 Å². The molecule has 0 bridgehead atoms. The number of nitrogens with zero attached hydrogens (tertiary/aromatic N) is 4. The maximum atomic E-state index is 10.3. The number of carboxylic acid groups (broad SMARTS) is 1. The van der Waals surface area contributed by atoms with Crippen molar-refractivity contribution < 1.29 is 14.6 Å². The first-order valence-corrected chi connectivity index (χ1v) is 5.60. The second kappa shape index (κ2) is 5.76. The number of hydrogen-bond acceptors (Lipinski definition) is 5. The first-order chi connectivity index (χ1) is 9.17. The molecule has 0 saturated heterocycles. The van der Waals surface area contributed by atoms with E-state index in [0.717, 1.165) is 12.6 Å². The molecule has 2 heterocycles. The lowest BCUT2D eigenvalue weighted by atomic mass is 10.3. The molecule has 0 spiro atoms. The highest BCUT2D eigenvalue weighted by atomic mass is 16.5. The average Bonchev–Trinajstić information content (AvgIpc) is 2.85. The summed E-state index contributed by atoms with van der Waals surface area (Å²) in [7, 11) is 0. The predicted octanol–water partition coefficient (Wildman–Crippen LogP) is 1.58. The Balaban J connectivity index is 2.04. The van der Waals surface area contributed by atoms with Crippen molar-refractivity contribution in [1.82, 2.24) is 19.7 Å². The highest BCUT2D eigenvalue weighted by Crippen LogP contribution is 2.16. The lowest BCUT2D eigenvalue weighted by Gasteiger charge is -1.99. The summed E-state index contributed by atoms with van der Waals surface area (Å²) in [6.07, 6.45) is 8.69. The molecule has 2 aromatic rings. The maximum Gasteiger partial charge on any atom is 0.328 e. The van der Waals surface area contributed by atoms with E-state index in [1.165, 1.54) is 18.5 Å². The molecule has 0 radical (unpaired) electrons. The number of rotatable bonds is 5. The molecule has 1 N–H and O–H groups in total. The zero-order chi connectivity index (χ0) is 13.7. The Morgan fingerprint density at radius 2 is 2.16 bits per heavy atom. The van der Waals surface area contributed by atoms with Gasteiger partial charge in [-0.2, -0.15) is 5.10 Å². The third-order valence-corrected chi connectivity index (χ3v) is 2.21. The van der Waals surface area contributed by atoms with Gasteiger partial charge in [-0.25, -0.2) is 14.8 Å². The minimum atomic E-state index is -1.02. The number of aromatic nitrogens is 4. The fourth-order valence-electron chi connectivity index (χ4n) is 1.31. The van der Waals surface area contributed by atoms with Crippen LogP contribution >= 0.6 is 0 Å². The summed E-state index contributed by atoms with van der Waals surface area (Å²) >= 11 is 0. The van der Waals surface area contributed by atoms with Crippen molar-refractivity contribution in [2.45, 2.75) is 13.5 Å². The number of hydrogen-bond donors (Lipinski definition) is 1. The number of ether oxygens (including phenoxy) is 1. The molecule has 7 nitrogen and oxygen atoms in total. The van der Waals surface area contributed by atoms with Crippen LogP contribution in [0.5, 0.6) is 11.8 Å². The molecule has 0 aliphatic rings. The van der Waals surface area contributed by atoms with Crippen LogP contribution in [0.3, 0.4) is 0 Å². The van der Waals surface area contributed by atoms with Gasteiger partial charge in [0.05, 0.1) is 12.4 Å². The first-order valence-electron chi connectivity index (χ1n) is 5.60. The Kier molecular flexibility index (Phi) is 3.87. The molecule has 0 saturated carbocycles. The topological polar surface area (TPSA) is 90.1 Å². The van der Waals surface area contributed by atoms with Gasteiger partial charge in [-0.3, -0.25) is 4.68 Å². The summed E-state index contributed by atoms with van der Waals surface area (Å²) in [4.78, 5) is 18.3. The summed E-state index contributed by atoms with van der Waals surface area (Å²) < 4.78 is 7.12. The molecule has 0 aliphatic carbocycles. The van der Waals surface area contributed by atoms with E-state index in [-0.39, 0.29) is 6.01 Å². The number of aliphatic carboxylic acids is 1. The van der Waals surface area contributed by atoms with E-state index in [2.05, 4.69) is 15.1 Å². The van der Waals surface area contributed by atoms with Crippen LogP contribution in [-0.4, -0.2) is 30.8 Å². The van der Waals surface area contributed by atoms with Crippen molar-refractivity contribution in [2.24, 2.45) is 0 Å². The van der Waals surface area contributed by atoms with Crippen LogP contribution < -0.4 is 4.74 Å². The fraction of sp³-hybridized carbons (Fsp3) is 0.167. The normalized spacial score (nSPS) is 10.8. The van der Waals surface area contributed by atoms with Crippen LogP contribution in [0.25, 0.3) is 6.08 Å². The van der Waals surface area contributed by atoms with Crippen LogP contribution in [0.4, 0.5) is 0 Å². The van der Waals surface area contributed by atoms with Crippen molar-refractivity contribution in [3.05, 3.63) is 36.4 Å². The summed E-state index contributed by atoms with van der Waals surface area (Å²) in [5.41, 5.74) is 0.582. The van der Waals surface area contributed by atoms with Gasteiger partial charge < -0.3 is 9.84 Å². The fourth-order valence-corrected chi connectivity index (χ4v) is 1.31. The van der Waals surface area contributed by atoms with Crippen molar-refractivity contribution in [3.8, 4) is 11.8 Å². The molecule has 0 fully saturated rings. The number of carbonyl (C=O) groups is 1. The molecule has 2 rings (SSSR count). The Labute approximate surface area is 109 Å². The predicted molar refractivity (Wildman–Crippen MR) is 66.7 cm³/mol. The SMILES string of the molecule is CCn1cc(Oc2ncc(/C=C/C(=O)O)cn2)cn1. The summed E-state index contributed by atoms with van der Waals surface area (Å²) in [6, 6.07) is 0.183. The monoisotopic (exact) mass is 260 g/mol. The molecule has 2 aromatic heterocycles. The Morgan fingerprint density at radius 1 is 1.42 bits per heavy atom. The first kappa shape index (κ1) is 12.7. The van der Waals surface area contributed by atoms with Crippen molar-refractivity contribution in [2.75, 3.05) is 0 Å². The zero-order valence-corrected chi connectivity index (χ0v) is 10.2. The summed E-state index contributed by atoms with van der Waals surface area (Å²) in [5.74, 6) is -0.469. The minimum absolute atomic E-state index is 0.183. The Hall–Kier alpha value is -2.70. The van der Waals surface area contributed by atoms with E-state index in [0.29, 0.717) is 11.3 Å². The Bertz CT molecular complexity index is 589. The van der Waals surface area contributed by atoms with E-state index < -0.39 is 5.97 Å². The molecule has 19 heavy (non-hydrogen) atoms. The number of aryl methyl sites for hydroxylation is 1. The van der Waals surface area contributed by atoms with Gasteiger partial charge in [-0.15, -0.1) is 0 Å². The van der Waals surface area contributed by atoms with Crippen LogP contribution in [0.15, 0.2) is 30.9 Å². The second-order valence-electron chi connectivity index (χ2n) is 3.60. The van der Waals surface area contributed by atoms with Crippen molar-refractivity contribution in [1.29, 1.82) is 0 Å². The van der Waals surface area contributed by atoms with Crippen LogP contribution in [0, 0.1) is 0 Å². The van der Waals surface area contributed by atoms with Gasteiger partial charge >= 0.3 is 12.0 Å². The van der Waals surface area contributed by atoms with E-state index >= 15 is 0 Å². The standard InChI is InChI=1S/C12H12N4O3/c1-2-16-8-10(7-15-16)19-12-13-5-9(6-14-12)3-4-11(17)18/h3-8H,2H2,1H3,(H,17,18)/b4-3+. The minimum Gasteiger partial charge on any atom is -0.478 e. The van der Waals surface area contributed by atoms with Gasteiger partial charge in [0.15, 0.2) is 5.75 Å². The molecule has 0 unspecified atom stereocenters. The largest absolute Gasteiger partial charge is 0.478 e. The Morgan fingerprint density at radius 3 is 2.74 bits per heavy atom. The van der Waals surface area contributed by atoms with Gasteiger partial charge in [-0.1, -0.05) is 0 Å². The highest BCUT2D eigenvalue weighted by Gasteiger charge is 2.02. The average molecular weight is 260 g/mol. The molecule has 7 heteroatoms. The highest BCUT2D eigenvalue weighted by molar-refractivity contribution is 5.85. The third-order valence-electron chi connectivity index (χ3n) is 2.21. The summed E-state index contributed by atoms with van der Waals surface area (Å²) in [5, 5.41) is 12.5. The van der Waals surface area contributed by atoms with Gasteiger partial charge in [-0.05, 0) is 13.0 Å². The second-order valence-corrected chi connectivity index (χ2v) is 3.60. The zero-order valence-electron chi connectivity index (χ0n) is 10.2. The van der Waals surface area contributed by atoms with Gasteiger partial charge in [0, 0.05) is 30.6 Å². The van der Waals surface area contributed by atoms with Crippen molar-refractivity contribution >= 4 is 12.0 Å². The summed E-state index contributed by atoms with van der Waals surface area (Å²) in [6.45, 7) is 2.72. The molecule has 0 aromatic carbocycles. The lowest BCUT2D eigenvalue weighted by Crippen LogP contribution is -1.93. The molecule has 0 atom stereocenters. The van der Waals surface area contributed by atoms with Crippen LogP contribution in [0.1, 0.15) is 12.5 Å². The molecule has 98 valence electrons. The molecular weight excluding hydrogens is 248 g/mol. The molecule has 0 amide bonds. The van der Waals surface area contributed by atoms with E-state index in [4.69, 9.17) is 9.84 Å². The smallest absolute Gasteiger partial charge is 0.328 e. The molecular formula is C12H12N4O3. The lowest BCUT2D eigenvalue weighted by molar-refractivity contribution is -0.131. The molecule has 0 aliphatic heterocycles. The van der Waals surface area contributed by atoms with Crippen molar-refractivity contribution in [3.63, 3.8) is 0 Å². The third kappa shape index (κ3) is 3.63. The van der Waals surface area contributed by atoms with E-state index in [9.17, 15) is 4.79 Å². The van der Waals surface area contributed by atoms with E-state index in [1.54, 1.807) is 17.1 Å². The van der Waals surface area contributed by atoms with Gasteiger partial charge in [0.25, 0.3) is 0 Å².